The van der Waals surface area contributed by atoms with Crippen molar-refractivity contribution in [2.45, 2.75) is 25.9 Å². The lowest BCUT2D eigenvalue weighted by Gasteiger charge is -2.18. The smallest absolute Gasteiger partial charge is 0.212 e. The summed E-state index contributed by atoms with van der Waals surface area (Å²) in [6, 6.07) is 0. The molecule has 0 bridgehead atoms. The lowest BCUT2D eigenvalue weighted by Crippen LogP contribution is -2.35. The van der Waals surface area contributed by atoms with Gasteiger partial charge in [-0.2, -0.15) is 9.30 Å². The van der Waals surface area contributed by atoms with Crippen LogP contribution in [0.2, 0.25) is 0 Å². The zero-order valence-electron chi connectivity index (χ0n) is 7.43. The van der Waals surface area contributed by atoms with E-state index in [1.165, 1.54) is 10.4 Å². The Morgan fingerprint density at radius 1 is 1.62 bits per heavy atom. The van der Waals surface area contributed by atoms with Crippen LogP contribution in [0.4, 0.5) is 0 Å². The highest BCUT2D eigenvalue weighted by atomic mass is 32.2. The molecule has 1 unspecified atom stereocenters. The summed E-state index contributed by atoms with van der Waals surface area (Å²) in [4.78, 5) is 13.5. The van der Waals surface area contributed by atoms with Crippen molar-refractivity contribution in [1.29, 1.82) is 0 Å². The normalized spacial score (nSPS) is 24.2. The van der Waals surface area contributed by atoms with Gasteiger partial charge in [-0.25, -0.2) is 13.2 Å². The van der Waals surface area contributed by atoms with Gasteiger partial charge in [-0.1, -0.05) is 0 Å². The van der Waals surface area contributed by atoms with Gasteiger partial charge in [-0.15, -0.1) is 0 Å². The average molecular weight is 204 g/mol. The van der Waals surface area contributed by atoms with E-state index in [1.54, 1.807) is 6.92 Å². The molecule has 0 aromatic rings. The first-order chi connectivity index (χ1) is 6.11. The molecular weight excluding hydrogens is 192 g/mol. The molecule has 0 N–H and O–H groups in total. The zero-order valence-corrected chi connectivity index (χ0v) is 8.25. The van der Waals surface area contributed by atoms with E-state index < -0.39 is 16.2 Å². The lowest BCUT2D eigenvalue weighted by atomic mass is 10.3. The Kier molecular flexibility index (Phi) is 3.19. The minimum Gasteiger partial charge on any atom is -0.212 e. The molecule has 0 aromatic carbocycles. The summed E-state index contributed by atoms with van der Waals surface area (Å²) in [7, 11) is -3.21. The minimum absolute atomic E-state index is 0.0534. The van der Waals surface area contributed by atoms with Gasteiger partial charge in [0.25, 0.3) is 0 Å². The Morgan fingerprint density at radius 3 is 2.85 bits per heavy atom. The van der Waals surface area contributed by atoms with E-state index in [0.717, 1.165) is 6.42 Å². The van der Waals surface area contributed by atoms with E-state index in [2.05, 4.69) is 4.99 Å². The summed E-state index contributed by atoms with van der Waals surface area (Å²) in [5.74, 6) is 0.0534. The van der Waals surface area contributed by atoms with Gasteiger partial charge in [0, 0.05) is 6.54 Å². The molecule has 5 nitrogen and oxygen atoms in total. The van der Waals surface area contributed by atoms with Crippen molar-refractivity contribution in [3.05, 3.63) is 0 Å². The second-order valence-corrected chi connectivity index (χ2v) is 5.06. The average Bonchev–Trinajstić information content (AvgIpc) is 2.54. The topological polar surface area (TPSA) is 66.8 Å². The number of aliphatic imine (C=N–C) groups is 1. The predicted octanol–water partition coefficient (Wildman–Crippen LogP) is 0.0938. The molecule has 1 rings (SSSR count). The Hall–Kier alpha value is -0.710. The van der Waals surface area contributed by atoms with Gasteiger partial charge in [0.2, 0.25) is 16.1 Å². The molecule has 0 aliphatic carbocycles. The summed E-state index contributed by atoms with van der Waals surface area (Å²) in [5.41, 5.74) is 0. The van der Waals surface area contributed by atoms with Crippen LogP contribution in [0.25, 0.3) is 0 Å². The highest BCUT2D eigenvalue weighted by Gasteiger charge is 2.32. The van der Waals surface area contributed by atoms with Crippen molar-refractivity contribution in [2.24, 2.45) is 4.99 Å². The quantitative estimate of drug-likeness (QED) is 0.483. The van der Waals surface area contributed by atoms with Gasteiger partial charge < -0.3 is 0 Å². The molecule has 6 heteroatoms. The molecule has 1 fully saturated rings. The number of carbonyl (C=O) groups excluding carboxylic acids is 1. The summed E-state index contributed by atoms with van der Waals surface area (Å²) in [6.07, 6.45) is 2.27. The maximum atomic E-state index is 11.4. The SMILES string of the molecule is CCS(=O)(=O)N1CCCC1N=C=O. The predicted molar refractivity (Wildman–Crippen MR) is 47.3 cm³/mol. The fourth-order valence-corrected chi connectivity index (χ4v) is 2.67. The highest BCUT2D eigenvalue weighted by molar-refractivity contribution is 7.89. The number of sulfonamides is 1. The molecule has 0 radical (unpaired) electrons. The van der Waals surface area contributed by atoms with Gasteiger partial charge in [0.1, 0.15) is 6.17 Å². The van der Waals surface area contributed by atoms with Gasteiger partial charge in [-0.3, -0.25) is 0 Å². The van der Waals surface area contributed by atoms with Crippen LogP contribution >= 0.6 is 0 Å². The third-order valence-electron chi connectivity index (χ3n) is 2.10. The number of nitrogens with zero attached hydrogens (tertiary/aromatic N) is 2. The van der Waals surface area contributed by atoms with Crippen molar-refractivity contribution in [1.82, 2.24) is 4.31 Å². The first kappa shape index (κ1) is 10.4. The Morgan fingerprint density at radius 2 is 2.31 bits per heavy atom. The summed E-state index contributed by atoms with van der Waals surface area (Å²) < 4.78 is 24.1. The molecule has 0 spiro atoms. The first-order valence-electron chi connectivity index (χ1n) is 4.18. The van der Waals surface area contributed by atoms with Gasteiger partial charge in [0.15, 0.2) is 0 Å². The van der Waals surface area contributed by atoms with Crippen LogP contribution in [0.5, 0.6) is 0 Å². The van der Waals surface area contributed by atoms with Crippen LogP contribution in [-0.2, 0) is 14.8 Å². The Balaban J connectivity index is 2.86. The molecule has 1 aliphatic rings. The number of hydrogen-bond acceptors (Lipinski definition) is 4. The van der Waals surface area contributed by atoms with E-state index in [0.29, 0.717) is 13.0 Å². The molecule has 0 amide bonds. The van der Waals surface area contributed by atoms with Crippen LogP contribution in [0.3, 0.4) is 0 Å². The molecule has 0 aromatic heterocycles. The fraction of sp³-hybridized carbons (Fsp3) is 0.857. The Labute approximate surface area is 77.5 Å². The molecule has 0 saturated carbocycles. The van der Waals surface area contributed by atoms with E-state index in [4.69, 9.17) is 0 Å². The second kappa shape index (κ2) is 4.00. The van der Waals surface area contributed by atoms with Crippen molar-refractivity contribution < 1.29 is 13.2 Å². The second-order valence-electron chi connectivity index (χ2n) is 2.85. The van der Waals surface area contributed by atoms with E-state index in [1.807, 2.05) is 0 Å². The Bertz CT molecular complexity index is 319. The fourth-order valence-electron chi connectivity index (χ4n) is 1.40. The van der Waals surface area contributed by atoms with Crippen molar-refractivity contribution in [3.8, 4) is 0 Å². The number of hydrogen-bond donors (Lipinski definition) is 0. The molecule has 1 heterocycles. The molecular formula is C7H12N2O3S. The minimum atomic E-state index is -3.21. The summed E-state index contributed by atoms with van der Waals surface area (Å²) >= 11 is 0. The van der Waals surface area contributed by atoms with E-state index in [-0.39, 0.29) is 5.75 Å². The van der Waals surface area contributed by atoms with Crippen LogP contribution in [-0.4, -0.2) is 37.3 Å². The third-order valence-corrected chi connectivity index (χ3v) is 3.97. The van der Waals surface area contributed by atoms with Crippen LogP contribution in [0.1, 0.15) is 19.8 Å². The van der Waals surface area contributed by atoms with Crippen molar-refractivity contribution >= 4 is 16.1 Å². The number of rotatable bonds is 3. The number of isocyanates is 1. The maximum Gasteiger partial charge on any atom is 0.236 e. The van der Waals surface area contributed by atoms with Crippen molar-refractivity contribution in [3.63, 3.8) is 0 Å². The molecule has 1 saturated heterocycles. The van der Waals surface area contributed by atoms with Crippen LogP contribution < -0.4 is 0 Å². The van der Waals surface area contributed by atoms with E-state index in [9.17, 15) is 13.2 Å². The first-order valence-corrected chi connectivity index (χ1v) is 5.79. The monoisotopic (exact) mass is 204 g/mol. The largest absolute Gasteiger partial charge is 0.236 e. The summed E-state index contributed by atoms with van der Waals surface area (Å²) in [5, 5.41) is 0. The molecule has 13 heavy (non-hydrogen) atoms. The molecule has 1 aliphatic heterocycles. The molecule has 1 atom stereocenters. The zero-order chi connectivity index (χ0) is 9.90. The van der Waals surface area contributed by atoms with Crippen molar-refractivity contribution in [2.75, 3.05) is 12.3 Å². The maximum absolute atomic E-state index is 11.4. The highest BCUT2D eigenvalue weighted by Crippen LogP contribution is 2.21. The van der Waals surface area contributed by atoms with Crippen LogP contribution in [0, 0.1) is 0 Å². The van der Waals surface area contributed by atoms with E-state index >= 15 is 0 Å². The molecule has 74 valence electrons. The van der Waals surface area contributed by atoms with Gasteiger partial charge in [-0.05, 0) is 19.8 Å². The third kappa shape index (κ3) is 2.15. The van der Waals surface area contributed by atoms with Crippen LogP contribution in [0.15, 0.2) is 4.99 Å². The van der Waals surface area contributed by atoms with Gasteiger partial charge in [0.05, 0.1) is 5.75 Å². The van der Waals surface area contributed by atoms with Gasteiger partial charge >= 0.3 is 0 Å². The standard InChI is InChI=1S/C7H12N2O3S/c1-2-13(11,12)9-5-3-4-7(9)8-6-10/h7H,2-5H2,1H3. The lowest BCUT2D eigenvalue weighted by molar-refractivity contribution is 0.396. The summed E-state index contributed by atoms with van der Waals surface area (Å²) in [6.45, 7) is 2.04.